The third-order valence-electron chi connectivity index (χ3n) is 1.63. The molecule has 0 heterocycles. The van der Waals surface area contributed by atoms with Crippen LogP contribution in [0.3, 0.4) is 0 Å². The molecule has 0 saturated heterocycles. The minimum atomic E-state index is 0.0880. The molecule has 15 heavy (non-hydrogen) atoms. The normalized spacial score (nSPS) is 8.80. The van der Waals surface area contributed by atoms with Crippen molar-refractivity contribution in [2.45, 2.75) is 0 Å². The molecule has 0 unspecified atom stereocenters. The average molecular weight is 203 g/mol. The summed E-state index contributed by atoms with van der Waals surface area (Å²) in [5, 5.41) is 17.3. The minimum Gasteiger partial charge on any atom is -0.508 e. The van der Waals surface area contributed by atoms with Crippen LogP contribution in [0.15, 0.2) is 54.6 Å². The zero-order valence-corrected chi connectivity index (χ0v) is 8.17. The van der Waals surface area contributed by atoms with Crippen molar-refractivity contribution in [2.24, 2.45) is 0 Å². The lowest BCUT2D eigenvalue weighted by Gasteiger charge is -1.89. The lowest BCUT2D eigenvalue weighted by molar-refractivity contribution is 0.450. The summed E-state index contributed by atoms with van der Waals surface area (Å²) >= 11 is 0. The Labute approximate surface area is 88.4 Å². The van der Waals surface area contributed by atoms with Crippen LogP contribution in [0.4, 0.5) is 5.69 Å². The maximum atomic E-state index is 8.65. The monoisotopic (exact) mass is 203 g/mol. The SMILES string of the molecule is Nc1ccccc1.Oc1cccc(O)c1. The van der Waals surface area contributed by atoms with Gasteiger partial charge in [0.2, 0.25) is 0 Å². The van der Waals surface area contributed by atoms with Gasteiger partial charge in [-0.25, -0.2) is 0 Å². The summed E-state index contributed by atoms with van der Waals surface area (Å²) in [5.41, 5.74) is 6.18. The molecule has 4 N–H and O–H groups in total. The molecule has 0 radical (unpaired) electrons. The van der Waals surface area contributed by atoms with Gasteiger partial charge >= 0.3 is 0 Å². The van der Waals surface area contributed by atoms with Gasteiger partial charge in [0, 0.05) is 11.8 Å². The number of para-hydroxylation sites is 1. The Hall–Kier alpha value is -2.16. The molecule has 0 aromatic heterocycles. The smallest absolute Gasteiger partial charge is 0.119 e. The molecule has 0 aliphatic carbocycles. The van der Waals surface area contributed by atoms with Crippen molar-refractivity contribution in [3.8, 4) is 11.5 Å². The number of benzene rings is 2. The molecule has 3 nitrogen and oxygen atoms in total. The topological polar surface area (TPSA) is 66.5 Å². The fourth-order valence-electron chi connectivity index (χ4n) is 0.946. The van der Waals surface area contributed by atoms with E-state index in [2.05, 4.69) is 0 Å². The van der Waals surface area contributed by atoms with Gasteiger partial charge in [0.05, 0.1) is 0 Å². The van der Waals surface area contributed by atoms with Gasteiger partial charge in [-0.2, -0.15) is 0 Å². The highest BCUT2D eigenvalue weighted by atomic mass is 16.3. The molecular weight excluding hydrogens is 190 g/mol. The first kappa shape index (κ1) is 10.9. The number of anilines is 1. The Kier molecular flexibility index (Phi) is 4.04. The fraction of sp³-hybridized carbons (Fsp3) is 0. The summed E-state index contributed by atoms with van der Waals surface area (Å²) in [6.45, 7) is 0. The van der Waals surface area contributed by atoms with Gasteiger partial charge in [-0.3, -0.25) is 0 Å². The van der Waals surface area contributed by atoms with Crippen LogP contribution in [-0.4, -0.2) is 10.2 Å². The lowest BCUT2D eigenvalue weighted by Crippen LogP contribution is -1.79. The van der Waals surface area contributed by atoms with Crippen molar-refractivity contribution in [3.63, 3.8) is 0 Å². The van der Waals surface area contributed by atoms with Gasteiger partial charge in [-0.1, -0.05) is 24.3 Å². The third kappa shape index (κ3) is 4.57. The van der Waals surface area contributed by atoms with E-state index in [0.717, 1.165) is 5.69 Å². The van der Waals surface area contributed by atoms with E-state index >= 15 is 0 Å². The van der Waals surface area contributed by atoms with Crippen molar-refractivity contribution in [1.82, 2.24) is 0 Å². The molecule has 0 bridgehead atoms. The maximum absolute atomic E-state index is 8.65. The van der Waals surface area contributed by atoms with Crippen LogP contribution in [-0.2, 0) is 0 Å². The molecule has 3 heteroatoms. The second-order valence-electron chi connectivity index (χ2n) is 2.93. The number of rotatable bonds is 0. The molecule has 0 saturated carbocycles. The van der Waals surface area contributed by atoms with Crippen molar-refractivity contribution in [1.29, 1.82) is 0 Å². The van der Waals surface area contributed by atoms with E-state index in [1.165, 1.54) is 18.2 Å². The predicted molar refractivity (Wildman–Crippen MR) is 60.6 cm³/mol. The summed E-state index contributed by atoms with van der Waals surface area (Å²) in [5.74, 6) is 0.176. The van der Waals surface area contributed by atoms with E-state index in [1.807, 2.05) is 30.3 Å². The highest BCUT2D eigenvalue weighted by molar-refractivity contribution is 5.35. The molecule has 0 atom stereocenters. The molecule has 2 aromatic carbocycles. The Morgan fingerprint density at radius 3 is 1.53 bits per heavy atom. The summed E-state index contributed by atoms with van der Waals surface area (Å²) in [6.07, 6.45) is 0. The Bertz CT molecular complexity index is 384. The Morgan fingerprint density at radius 1 is 0.733 bits per heavy atom. The molecule has 78 valence electrons. The second kappa shape index (κ2) is 5.54. The van der Waals surface area contributed by atoms with Gasteiger partial charge in [-0.15, -0.1) is 0 Å². The number of hydrogen-bond donors (Lipinski definition) is 3. The maximum Gasteiger partial charge on any atom is 0.119 e. The summed E-state index contributed by atoms with van der Waals surface area (Å²) in [6, 6.07) is 15.3. The predicted octanol–water partition coefficient (Wildman–Crippen LogP) is 2.37. The quantitative estimate of drug-likeness (QED) is 0.576. The van der Waals surface area contributed by atoms with Crippen LogP contribution < -0.4 is 5.73 Å². The van der Waals surface area contributed by atoms with Gasteiger partial charge in [0.25, 0.3) is 0 Å². The van der Waals surface area contributed by atoms with E-state index in [1.54, 1.807) is 6.07 Å². The minimum absolute atomic E-state index is 0.0880. The molecule has 0 amide bonds. The standard InChI is InChI=1S/C6H7N.C6H6O2/c7-6-4-2-1-3-5-6;7-5-2-1-3-6(8)4-5/h1-5H,7H2;1-4,7-8H. The molecule has 0 spiro atoms. The molecule has 2 aromatic rings. The lowest BCUT2D eigenvalue weighted by atomic mass is 10.3. The van der Waals surface area contributed by atoms with Crippen molar-refractivity contribution in [3.05, 3.63) is 54.6 Å². The zero-order valence-electron chi connectivity index (χ0n) is 8.17. The largest absolute Gasteiger partial charge is 0.508 e. The van der Waals surface area contributed by atoms with Crippen LogP contribution in [0.25, 0.3) is 0 Å². The van der Waals surface area contributed by atoms with E-state index in [4.69, 9.17) is 15.9 Å². The molecule has 0 aliphatic heterocycles. The van der Waals surface area contributed by atoms with Crippen LogP contribution in [0.2, 0.25) is 0 Å². The van der Waals surface area contributed by atoms with Crippen molar-refractivity contribution in [2.75, 3.05) is 5.73 Å². The first-order chi connectivity index (χ1) is 7.18. The molecule has 2 rings (SSSR count). The second-order valence-corrected chi connectivity index (χ2v) is 2.93. The molecule has 0 aliphatic rings. The number of aromatic hydroxyl groups is 2. The number of nitrogens with two attached hydrogens (primary N) is 1. The number of hydrogen-bond acceptors (Lipinski definition) is 3. The number of phenols is 2. The van der Waals surface area contributed by atoms with Gasteiger partial charge in [-0.05, 0) is 24.3 Å². The summed E-state index contributed by atoms with van der Waals surface area (Å²) in [4.78, 5) is 0. The van der Waals surface area contributed by atoms with E-state index in [9.17, 15) is 0 Å². The van der Waals surface area contributed by atoms with Crippen molar-refractivity contribution < 1.29 is 10.2 Å². The average Bonchev–Trinajstić information content (AvgIpc) is 2.19. The summed E-state index contributed by atoms with van der Waals surface area (Å²) in [7, 11) is 0. The fourth-order valence-corrected chi connectivity index (χ4v) is 0.946. The van der Waals surface area contributed by atoms with E-state index in [0.29, 0.717) is 0 Å². The zero-order chi connectivity index (χ0) is 11.1. The van der Waals surface area contributed by atoms with Crippen LogP contribution >= 0.6 is 0 Å². The highest BCUT2D eigenvalue weighted by Gasteiger charge is 1.85. The number of nitrogen functional groups attached to an aromatic ring is 1. The Morgan fingerprint density at radius 2 is 1.27 bits per heavy atom. The van der Waals surface area contributed by atoms with E-state index in [-0.39, 0.29) is 11.5 Å². The van der Waals surface area contributed by atoms with Gasteiger partial charge < -0.3 is 15.9 Å². The third-order valence-corrected chi connectivity index (χ3v) is 1.63. The van der Waals surface area contributed by atoms with Gasteiger partial charge in [0.1, 0.15) is 11.5 Å². The van der Waals surface area contributed by atoms with E-state index < -0.39 is 0 Å². The molecular formula is C12H13NO2. The highest BCUT2D eigenvalue weighted by Crippen LogP contribution is 2.14. The number of phenolic OH excluding ortho intramolecular Hbond substituents is 2. The first-order valence-electron chi connectivity index (χ1n) is 4.47. The first-order valence-corrected chi connectivity index (χ1v) is 4.47. The summed E-state index contributed by atoms with van der Waals surface area (Å²) < 4.78 is 0. The van der Waals surface area contributed by atoms with Crippen LogP contribution in [0.5, 0.6) is 11.5 Å². The molecule has 0 fully saturated rings. The van der Waals surface area contributed by atoms with Crippen LogP contribution in [0.1, 0.15) is 0 Å². The van der Waals surface area contributed by atoms with Crippen molar-refractivity contribution >= 4 is 5.69 Å². The Balaban J connectivity index is 0.000000151. The van der Waals surface area contributed by atoms with Gasteiger partial charge in [0.15, 0.2) is 0 Å². The van der Waals surface area contributed by atoms with Crippen LogP contribution in [0, 0.1) is 0 Å².